The molecule has 4 N–H and O–H groups in total. The molecule has 0 aromatic rings. The van der Waals surface area contributed by atoms with Crippen molar-refractivity contribution in [2.75, 3.05) is 7.05 Å². The van der Waals surface area contributed by atoms with E-state index in [1.54, 1.807) is 0 Å². The van der Waals surface area contributed by atoms with Crippen LogP contribution in [0.5, 0.6) is 0 Å². The average Bonchev–Trinajstić information content (AvgIpc) is 2.85. The Morgan fingerprint density at radius 2 is 1.18 bits per heavy atom. The van der Waals surface area contributed by atoms with E-state index in [9.17, 15) is 4.79 Å². The Balaban J connectivity index is -0.000000170. The van der Waals surface area contributed by atoms with Crippen molar-refractivity contribution < 1.29 is 4.79 Å². The number of nitrogens with two attached hydrogens (primary N) is 1. The first-order chi connectivity index (χ1) is 15.8. The highest BCUT2D eigenvalue weighted by atomic mass is 16.1. The molecule has 0 amide bonds. The van der Waals surface area contributed by atoms with Gasteiger partial charge in [0.2, 0.25) is 0 Å². The smallest absolute Gasteiger partial charge is 0.132 e. The van der Waals surface area contributed by atoms with E-state index in [1.165, 1.54) is 50.6 Å². The van der Waals surface area contributed by atoms with Gasteiger partial charge in [0, 0.05) is 37.0 Å². The van der Waals surface area contributed by atoms with E-state index in [1.807, 2.05) is 33.9 Å². The van der Waals surface area contributed by atoms with Crippen LogP contribution in [0.4, 0.5) is 0 Å². The number of carbonyl (C=O) groups is 1. The van der Waals surface area contributed by atoms with Crippen molar-refractivity contribution in [3.8, 4) is 0 Å². The molecule has 0 spiro atoms. The van der Waals surface area contributed by atoms with E-state index < -0.39 is 0 Å². The molecule has 198 valence electrons. The van der Waals surface area contributed by atoms with Gasteiger partial charge in [-0.3, -0.25) is 4.79 Å². The number of hydrogen-bond acceptors (Lipinski definition) is 4. The summed E-state index contributed by atoms with van der Waals surface area (Å²) in [6.45, 7) is 16.6. The van der Waals surface area contributed by atoms with Gasteiger partial charge in [-0.25, -0.2) is 0 Å². The van der Waals surface area contributed by atoms with Gasteiger partial charge < -0.3 is 16.5 Å². The van der Waals surface area contributed by atoms with E-state index in [0.717, 1.165) is 49.9 Å². The predicted octanol–water partition coefficient (Wildman–Crippen LogP) is 9.10. The number of allylic oxidation sites excluding steroid dienone is 4. The van der Waals surface area contributed by atoms with E-state index in [0.29, 0.717) is 12.2 Å². The van der Waals surface area contributed by atoms with Crippen LogP contribution in [0.1, 0.15) is 145 Å². The SMILES string of the molecule is C/C=C(/CCCC)NC.C/C=C(\N)CCCC.CCCCC(=N)CC.CCCCC(=O)CC. The van der Waals surface area contributed by atoms with Crippen molar-refractivity contribution in [1.82, 2.24) is 5.32 Å². The zero-order valence-electron chi connectivity index (χ0n) is 24.0. The normalized spacial score (nSPS) is 10.6. The minimum Gasteiger partial charge on any atom is -0.402 e. The zero-order valence-corrected chi connectivity index (χ0v) is 24.0. The highest BCUT2D eigenvalue weighted by molar-refractivity contribution is 5.80. The fraction of sp³-hybridized carbons (Fsp3) is 0.793. The molecule has 0 bridgehead atoms. The second kappa shape index (κ2) is 35.0. The first-order valence-electron chi connectivity index (χ1n) is 13.6. The molecule has 0 aromatic heterocycles. The number of Topliss-reactive ketones (excluding diaryl/α,β-unsaturated/α-hetero) is 1. The Labute approximate surface area is 208 Å². The molecule has 0 aliphatic rings. The molecule has 0 atom stereocenters. The summed E-state index contributed by atoms with van der Waals surface area (Å²) in [5, 5.41) is 10.4. The Morgan fingerprint density at radius 1 is 0.727 bits per heavy atom. The summed E-state index contributed by atoms with van der Waals surface area (Å²) in [5.74, 6) is 0.395. The number of nitrogens with one attached hydrogen (secondary N) is 2. The van der Waals surface area contributed by atoms with Crippen molar-refractivity contribution in [3.63, 3.8) is 0 Å². The Hall–Kier alpha value is -1.58. The summed E-state index contributed by atoms with van der Waals surface area (Å²) in [4.78, 5) is 10.6. The molecule has 0 aromatic carbocycles. The second-order valence-electron chi connectivity index (χ2n) is 8.19. The molecule has 0 saturated carbocycles. The monoisotopic (exact) mass is 467 g/mol. The van der Waals surface area contributed by atoms with Gasteiger partial charge >= 0.3 is 0 Å². The lowest BCUT2D eigenvalue weighted by atomic mass is 10.1. The summed E-state index contributed by atoms with van der Waals surface area (Å²) >= 11 is 0. The Morgan fingerprint density at radius 3 is 1.55 bits per heavy atom. The van der Waals surface area contributed by atoms with Crippen molar-refractivity contribution in [2.24, 2.45) is 5.73 Å². The van der Waals surface area contributed by atoms with E-state index in [4.69, 9.17) is 11.1 Å². The highest BCUT2D eigenvalue weighted by Gasteiger charge is 1.93. The summed E-state index contributed by atoms with van der Waals surface area (Å²) in [6, 6.07) is 0. The summed E-state index contributed by atoms with van der Waals surface area (Å²) < 4.78 is 0. The number of hydrogen-bond donors (Lipinski definition) is 3. The van der Waals surface area contributed by atoms with Gasteiger partial charge in [-0.1, -0.05) is 79.4 Å². The lowest BCUT2D eigenvalue weighted by molar-refractivity contribution is -0.118. The highest BCUT2D eigenvalue weighted by Crippen LogP contribution is 2.02. The van der Waals surface area contributed by atoms with Gasteiger partial charge in [-0.2, -0.15) is 0 Å². The standard InChI is InChI=1S/C8H17N.2C7H15N.C7H14O/c1-4-6-7-8(5-2)9-3;3*1-3-5-6-7(8)4-2/h5,9H,4,6-7H2,1-3H3;8H,3-6H2,1-2H3;4H,3,5-6,8H2,1-2H3;3-6H2,1-2H3/b8-5-;;7-4-;. The van der Waals surface area contributed by atoms with Crippen molar-refractivity contribution >= 4 is 11.5 Å². The third kappa shape index (κ3) is 41.2. The molecule has 0 rings (SSSR count). The van der Waals surface area contributed by atoms with Crippen molar-refractivity contribution in [2.45, 2.75) is 145 Å². The molecule has 0 fully saturated rings. The van der Waals surface area contributed by atoms with Gasteiger partial charge in [0.15, 0.2) is 0 Å². The van der Waals surface area contributed by atoms with Gasteiger partial charge in [0.05, 0.1) is 0 Å². The molecule has 0 saturated heterocycles. The van der Waals surface area contributed by atoms with Crippen LogP contribution in [0.2, 0.25) is 0 Å². The summed E-state index contributed by atoms with van der Waals surface area (Å²) in [6.07, 6.45) is 19.4. The van der Waals surface area contributed by atoms with Crippen molar-refractivity contribution in [3.05, 3.63) is 23.5 Å². The van der Waals surface area contributed by atoms with Crippen LogP contribution in [0, 0.1) is 5.41 Å². The number of ketones is 1. The van der Waals surface area contributed by atoms with Crippen molar-refractivity contribution in [1.29, 1.82) is 5.41 Å². The molecular formula is C29H61N3O. The number of carbonyl (C=O) groups excluding carboxylic acids is 1. The fourth-order valence-corrected chi connectivity index (χ4v) is 2.42. The van der Waals surface area contributed by atoms with Crippen LogP contribution < -0.4 is 11.1 Å². The van der Waals surface area contributed by atoms with Crippen LogP contribution in [0.25, 0.3) is 0 Å². The maximum absolute atomic E-state index is 10.6. The van der Waals surface area contributed by atoms with Crippen LogP contribution in [-0.2, 0) is 4.79 Å². The van der Waals surface area contributed by atoms with Crippen LogP contribution in [0.3, 0.4) is 0 Å². The molecule has 4 heteroatoms. The molecule has 0 unspecified atom stereocenters. The maximum atomic E-state index is 10.6. The Kier molecular flexibility index (Phi) is 41.0. The molecule has 0 aliphatic carbocycles. The molecule has 0 aliphatic heterocycles. The quantitative estimate of drug-likeness (QED) is 0.210. The van der Waals surface area contributed by atoms with E-state index in [-0.39, 0.29) is 0 Å². The fourth-order valence-electron chi connectivity index (χ4n) is 2.42. The van der Waals surface area contributed by atoms with Gasteiger partial charge in [0.1, 0.15) is 5.78 Å². The molecule has 0 radical (unpaired) electrons. The van der Waals surface area contributed by atoms with E-state index >= 15 is 0 Å². The van der Waals surface area contributed by atoms with Gasteiger partial charge in [-0.15, -0.1) is 0 Å². The first-order valence-corrected chi connectivity index (χ1v) is 13.6. The van der Waals surface area contributed by atoms with Gasteiger partial charge in [0.25, 0.3) is 0 Å². The molecular weight excluding hydrogens is 406 g/mol. The maximum Gasteiger partial charge on any atom is 0.132 e. The molecule has 33 heavy (non-hydrogen) atoms. The van der Waals surface area contributed by atoms with E-state index in [2.05, 4.69) is 46.0 Å². The topological polar surface area (TPSA) is 79.0 Å². The van der Waals surface area contributed by atoms with Crippen LogP contribution >= 0.6 is 0 Å². The third-order valence-electron chi connectivity index (χ3n) is 5.12. The predicted molar refractivity (Wildman–Crippen MR) is 152 cm³/mol. The Bertz CT molecular complexity index is 447. The summed E-state index contributed by atoms with van der Waals surface area (Å²) in [5.41, 5.74) is 8.79. The zero-order chi connectivity index (χ0) is 26.3. The summed E-state index contributed by atoms with van der Waals surface area (Å²) in [7, 11) is 1.98. The minimum absolute atomic E-state index is 0.395. The van der Waals surface area contributed by atoms with Crippen LogP contribution in [-0.4, -0.2) is 18.5 Å². The molecule has 4 nitrogen and oxygen atoms in total. The average molecular weight is 468 g/mol. The third-order valence-corrected chi connectivity index (χ3v) is 5.12. The lowest BCUT2D eigenvalue weighted by Gasteiger charge is -2.02. The molecule has 0 heterocycles. The number of unbranched alkanes of at least 4 members (excludes halogenated alkanes) is 4. The second-order valence-corrected chi connectivity index (χ2v) is 8.19. The largest absolute Gasteiger partial charge is 0.402 e. The van der Waals surface area contributed by atoms with Crippen LogP contribution in [0.15, 0.2) is 23.5 Å². The number of rotatable bonds is 15. The lowest BCUT2D eigenvalue weighted by Crippen LogP contribution is -2.04. The minimum atomic E-state index is 0.395. The van der Waals surface area contributed by atoms with Gasteiger partial charge in [-0.05, 0) is 65.2 Å². The first kappa shape index (κ1) is 38.7.